The second-order valence-electron chi connectivity index (χ2n) is 11.2. The van der Waals surface area contributed by atoms with Crippen LogP contribution in [0.15, 0.2) is 88.1 Å². The summed E-state index contributed by atoms with van der Waals surface area (Å²) >= 11 is 0. The highest BCUT2D eigenvalue weighted by Crippen LogP contribution is 2.29. The summed E-state index contributed by atoms with van der Waals surface area (Å²) in [6.07, 6.45) is 25.9. The van der Waals surface area contributed by atoms with Gasteiger partial charge in [-0.15, -0.1) is 0 Å². The molecular weight excluding hydrogens is 464 g/mol. The molecule has 0 fully saturated rings. The molecule has 1 aromatic rings. The van der Waals surface area contributed by atoms with Crippen LogP contribution in [-0.2, 0) is 6.42 Å². The van der Waals surface area contributed by atoms with Crippen LogP contribution in [0.25, 0.3) is 0 Å². The number of para-hydroxylation sites is 1. The monoisotopic (exact) mass is 518 g/mol. The van der Waals surface area contributed by atoms with E-state index in [4.69, 9.17) is 0 Å². The molecule has 0 unspecified atom stereocenters. The van der Waals surface area contributed by atoms with Gasteiger partial charge in [0.15, 0.2) is 11.5 Å². The van der Waals surface area contributed by atoms with Gasteiger partial charge in [0.1, 0.15) is 0 Å². The average Bonchev–Trinajstić information content (AvgIpc) is 2.84. The van der Waals surface area contributed by atoms with Gasteiger partial charge in [-0.05, 0) is 125 Å². The average molecular weight is 519 g/mol. The third-order valence-corrected chi connectivity index (χ3v) is 6.99. The van der Waals surface area contributed by atoms with Gasteiger partial charge in [0.05, 0.1) is 0 Å². The van der Waals surface area contributed by atoms with Gasteiger partial charge < -0.3 is 10.2 Å². The van der Waals surface area contributed by atoms with Gasteiger partial charge in [-0.1, -0.05) is 82.0 Å². The molecule has 0 aromatic heterocycles. The van der Waals surface area contributed by atoms with Crippen molar-refractivity contribution in [3.8, 4) is 11.5 Å². The van der Waals surface area contributed by atoms with Crippen LogP contribution >= 0.6 is 0 Å². The normalized spacial score (nSPS) is 13.7. The fraction of sp³-hybridized carbons (Fsp3) is 0.500. The van der Waals surface area contributed by atoms with E-state index < -0.39 is 0 Å². The third kappa shape index (κ3) is 16.2. The summed E-state index contributed by atoms with van der Waals surface area (Å²) in [4.78, 5) is 0. The second kappa shape index (κ2) is 19.3. The van der Waals surface area contributed by atoms with Crippen molar-refractivity contribution >= 4 is 0 Å². The minimum atomic E-state index is -0.0529. The maximum atomic E-state index is 9.93. The molecule has 0 aliphatic heterocycles. The van der Waals surface area contributed by atoms with Crippen molar-refractivity contribution in [2.24, 2.45) is 0 Å². The van der Waals surface area contributed by atoms with Crippen LogP contribution in [0.1, 0.15) is 118 Å². The summed E-state index contributed by atoms with van der Waals surface area (Å²) in [7, 11) is 0. The number of phenolic OH excluding ortho intramolecular Hbond substituents is 2. The molecule has 0 aliphatic rings. The lowest BCUT2D eigenvalue weighted by Crippen LogP contribution is -1.86. The molecule has 0 heterocycles. The number of allylic oxidation sites excluding steroid dienone is 12. The minimum Gasteiger partial charge on any atom is -0.504 e. The molecule has 0 radical (unpaired) electrons. The van der Waals surface area contributed by atoms with E-state index in [0.717, 1.165) is 56.9 Å². The number of benzene rings is 1. The Morgan fingerprint density at radius 2 is 0.895 bits per heavy atom. The van der Waals surface area contributed by atoms with Crippen molar-refractivity contribution in [1.29, 1.82) is 0 Å². The van der Waals surface area contributed by atoms with Crippen molar-refractivity contribution in [2.75, 3.05) is 0 Å². The first-order valence-electron chi connectivity index (χ1n) is 14.5. The fourth-order valence-electron chi connectivity index (χ4n) is 4.31. The number of rotatable bonds is 17. The topological polar surface area (TPSA) is 40.5 Å². The predicted octanol–water partition coefficient (Wildman–Crippen LogP) is 11.2. The molecule has 0 spiro atoms. The van der Waals surface area contributed by atoms with Crippen LogP contribution in [0.3, 0.4) is 0 Å². The molecule has 0 bridgehead atoms. The zero-order chi connectivity index (χ0) is 28.3. The van der Waals surface area contributed by atoms with Crippen LogP contribution in [0.2, 0.25) is 0 Å². The Morgan fingerprint density at radius 1 is 0.526 bits per heavy atom. The number of hydrogen-bond donors (Lipinski definition) is 2. The van der Waals surface area contributed by atoms with E-state index in [0.29, 0.717) is 6.42 Å². The molecule has 0 saturated heterocycles. The van der Waals surface area contributed by atoms with Crippen molar-refractivity contribution in [2.45, 2.75) is 119 Å². The number of hydrogen-bond acceptors (Lipinski definition) is 2. The Hall–Kier alpha value is -2.74. The van der Waals surface area contributed by atoms with Gasteiger partial charge >= 0.3 is 0 Å². The maximum Gasteiger partial charge on any atom is 0.160 e. The SMILES string of the molecule is CC(C)=CCC/C(C)=C/CC/C(C)=C/CC/C(C)=C/CC/C(C)=C/CC/C(C)=C/Cc1cccc(O)c1O. The molecule has 0 amide bonds. The Balaban J connectivity index is 2.28. The van der Waals surface area contributed by atoms with E-state index >= 15 is 0 Å². The lowest BCUT2D eigenvalue weighted by molar-refractivity contribution is 0.400. The summed E-state index contributed by atoms with van der Waals surface area (Å²) in [5.74, 6) is -0.0612. The van der Waals surface area contributed by atoms with Crippen molar-refractivity contribution in [1.82, 2.24) is 0 Å². The van der Waals surface area contributed by atoms with Gasteiger partial charge in [-0.3, -0.25) is 0 Å². The van der Waals surface area contributed by atoms with Crippen molar-refractivity contribution < 1.29 is 10.2 Å². The van der Waals surface area contributed by atoms with Crippen molar-refractivity contribution in [3.63, 3.8) is 0 Å². The summed E-state index contributed by atoms with van der Waals surface area (Å²) in [5.41, 5.74) is 9.44. The van der Waals surface area contributed by atoms with Crippen LogP contribution in [0.4, 0.5) is 0 Å². The van der Waals surface area contributed by atoms with E-state index in [-0.39, 0.29) is 11.5 Å². The first-order valence-corrected chi connectivity index (χ1v) is 14.5. The molecule has 0 aliphatic carbocycles. The lowest BCUT2D eigenvalue weighted by Gasteiger charge is -2.05. The summed E-state index contributed by atoms with van der Waals surface area (Å²) in [5, 5.41) is 19.6. The molecule has 2 nitrogen and oxygen atoms in total. The summed E-state index contributed by atoms with van der Waals surface area (Å²) in [6, 6.07) is 5.13. The summed E-state index contributed by atoms with van der Waals surface area (Å²) < 4.78 is 0. The first kappa shape index (κ1) is 33.3. The minimum absolute atomic E-state index is 0.00830. The van der Waals surface area contributed by atoms with Crippen molar-refractivity contribution in [3.05, 3.63) is 93.7 Å². The van der Waals surface area contributed by atoms with Gasteiger partial charge in [0.2, 0.25) is 0 Å². The van der Waals surface area contributed by atoms with E-state index in [1.807, 2.05) is 6.07 Å². The Bertz CT molecular complexity index is 1020. The lowest BCUT2D eigenvalue weighted by atomic mass is 10.0. The molecule has 0 atom stereocenters. The molecule has 2 heteroatoms. The highest BCUT2D eigenvalue weighted by atomic mass is 16.3. The Morgan fingerprint density at radius 3 is 1.29 bits per heavy atom. The molecule has 1 rings (SSSR count). The third-order valence-electron chi connectivity index (χ3n) is 6.99. The smallest absolute Gasteiger partial charge is 0.160 e. The Kier molecular flexibility index (Phi) is 16.9. The van der Waals surface area contributed by atoms with E-state index in [9.17, 15) is 10.2 Å². The first-order chi connectivity index (χ1) is 18.1. The highest BCUT2D eigenvalue weighted by Gasteiger charge is 2.04. The number of aromatic hydroxyl groups is 2. The Labute approximate surface area is 234 Å². The van der Waals surface area contributed by atoms with Gasteiger partial charge in [0, 0.05) is 5.56 Å². The zero-order valence-corrected chi connectivity index (χ0v) is 25.4. The van der Waals surface area contributed by atoms with Gasteiger partial charge in [-0.25, -0.2) is 0 Å². The maximum absolute atomic E-state index is 9.93. The molecule has 2 N–H and O–H groups in total. The van der Waals surface area contributed by atoms with Crippen LogP contribution in [0, 0.1) is 0 Å². The largest absolute Gasteiger partial charge is 0.504 e. The molecule has 210 valence electrons. The molecule has 1 aromatic carbocycles. The van der Waals surface area contributed by atoms with Crippen LogP contribution < -0.4 is 0 Å². The van der Waals surface area contributed by atoms with E-state index in [2.05, 4.69) is 84.9 Å². The zero-order valence-electron chi connectivity index (χ0n) is 25.4. The van der Waals surface area contributed by atoms with Crippen LogP contribution in [0.5, 0.6) is 11.5 Å². The van der Waals surface area contributed by atoms with Gasteiger partial charge in [-0.2, -0.15) is 0 Å². The highest BCUT2D eigenvalue weighted by molar-refractivity contribution is 5.45. The number of phenols is 2. The standard InChI is InChI=1S/C36H54O2/c1-28(2)14-8-15-29(3)16-9-17-30(4)18-10-19-31(5)20-11-21-32(6)22-12-23-33(7)26-27-34-24-13-25-35(37)36(34)38/h13-14,16,18,20,22,24-26,37-38H,8-12,15,17,19,21,23,27H2,1-7H3/b29-16+,30-18+,31-20+,32-22+,33-26+. The molecule has 38 heavy (non-hydrogen) atoms. The van der Waals surface area contributed by atoms with Crippen LogP contribution in [-0.4, -0.2) is 10.2 Å². The second-order valence-corrected chi connectivity index (χ2v) is 11.2. The summed E-state index contributed by atoms with van der Waals surface area (Å²) in [6.45, 7) is 15.5. The predicted molar refractivity (Wildman–Crippen MR) is 168 cm³/mol. The fourth-order valence-corrected chi connectivity index (χ4v) is 4.31. The quantitative estimate of drug-likeness (QED) is 0.159. The molecule has 0 saturated carbocycles. The van der Waals surface area contributed by atoms with E-state index in [1.165, 1.54) is 52.3 Å². The van der Waals surface area contributed by atoms with Gasteiger partial charge in [0.25, 0.3) is 0 Å². The van der Waals surface area contributed by atoms with E-state index in [1.54, 1.807) is 6.07 Å². The molecular formula is C36H54O2.